The molecule has 1 aliphatic heterocycles. The van der Waals surface area contributed by atoms with E-state index in [9.17, 15) is 68.1 Å². The number of carboxylic acids is 3. The van der Waals surface area contributed by atoms with Crippen LogP contribution in [-0.4, -0.2) is 140 Å². The number of esters is 1. The molecule has 11 N–H and O–H groups in total. The number of hydrogen-bond acceptors (Lipinski definition) is 13. The van der Waals surface area contributed by atoms with E-state index in [0.29, 0.717) is 25.7 Å². The van der Waals surface area contributed by atoms with Gasteiger partial charge in [0.25, 0.3) is 0 Å². The highest BCUT2D eigenvalue weighted by Gasteiger charge is 2.37. The number of rotatable bonds is 27. The number of carbonyl (C=O) groups excluding carboxylic acids is 8. The Hall–Kier alpha value is -5.87. The molecule has 0 spiro atoms. The highest BCUT2D eigenvalue weighted by molar-refractivity contribution is 5.98. The van der Waals surface area contributed by atoms with Gasteiger partial charge in [-0.2, -0.15) is 0 Å². The first-order chi connectivity index (χ1) is 36.0. The Morgan fingerprint density at radius 1 is 0.468 bits per heavy atom. The van der Waals surface area contributed by atoms with Gasteiger partial charge in [-0.05, 0) is 81.0 Å². The van der Waals surface area contributed by atoms with Crippen molar-refractivity contribution in [1.82, 2.24) is 37.2 Å². The summed E-state index contributed by atoms with van der Waals surface area (Å²) in [4.78, 5) is 148. The van der Waals surface area contributed by atoms with Crippen molar-refractivity contribution < 1.29 is 77.9 Å². The normalized spacial score (nSPS) is 23.7. The molecule has 0 aromatic carbocycles. The highest BCUT2D eigenvalue weighted by atomic mass is 16.5. The number of aliphatic hydroxyl groups is 1. The predicted molar refractivity (Wildman–Crippen MR) is 284 cm³/mol. The lowest BCUT2D eigenvalue weighted by molar-refractivity contribution is -0.155. The Labute approximate surface area is 454 Å². The van der Waals surface area contributed by atoms with Gasteiger partial charge in [0.15, 0.2) is 0 Å². The molecule has 7 amide bonds. The Balaban J connectivity index is 3.85. The lowest BCUT2D eigenvalue weighted by atomic mass is 9.98. The van der Waals surface area contributed by atoms with Gasteiger partial charge in [-0.3, -0.25) is 47.9 Å². The van der Waals surface area contributed by atoms with E-state index in [1.165, 1.54) is 0 Å². The lowest BCUT2D eigenvalue weighted by Crippen LogP contribution is -2.61. The minimum absolute atomic E-state index is 0.00968. The number of hydrogen-bond donors (Lipinski definition) is 11. The maximum absolute atomic E-state index is 14.2. The third-order valence-corrected chi connectivity index (χ3v) is 12.8. The maximum atomic E-state index is 14.2. The van der Waals surface area contributed by atoms with Crippen LogP contribution in [-0.2, 0) is 57.5 Å². The summed E-state index contributed by atoms with van der Waals surface area (Å²) in [6, 6.07) is -9.87. The number of amides is 7. The molecule has 1 aliphatic rings. The van der Waals surface area contributed by atoms with Crippen LogP contribution in [0.2, 0.25) is 0 Å². The van der Waals surface area contributed by atoms with Gasteiger partial charge in [0, 0.05) is 6.42 Å². The number of nitrogens with one attached hydrogen (secondary N) is 7. The molecule has 23 heteroatoms. The molecule has 1 saturated heterocycles. The van der Waals surface area contributed by atoms with Gasteiger partial charge in [0.2, 0.25) is 41.4 Å². The summed E-state index contributed by atoms with van der Waals surface area (Å²) < 4.78 is 6.02. The van der Waals surface area contributed by atoms with Crippen LogP contribution in [0.5, 0.6) is 0 Å². The Bertz CT molecular complexity index is 1940. The minimum atomic E-state index is -1.75. The molecule has 0 aliphatic carbocycles. The average Bonchev–Trinajstić information content (AvgIpc) is 3.29. The van der Waals surface area contributed by atoms with E-state index in [4.69, 9.17) is 9.84 Å². The monoisotopic (exact) mass is 1100 g/mol. The van der Waals surface area contributed by atoms with Crippen molar-refractivity contribution in [3.63, 3.8) is 0 Å². The maximum Gasteiger partial charge on any atom is 0.328 e. The molecule has 1 heterocycles. The molecule has 1 rings (SSSR count). The molecule has 1 fully saturated rings. The van der Waals surface area contributed by atoms with Crippen molar-refractivity contribution in [2.75, 3.05) is 0 Å². The summed E-state index contributed by atoms with van der Waals surface area (Å²) in [5.74, 6) is -12.3. The number of aliphatic hydroxyl groups excluding tert-OH is 1. The molecule has 0 bridgehead atoms. The van der Waals surface area contributed by atoms with Crippen LogP contribution in [0.25, 0.3) is 0 Å². The molecule has 0 aromatic rings. The van der Waals surface area contributed by atoms with Gasteiger partial charge in [-0.15, -0.1) is 0 Å². The summed E-state index contributed by atoms with van der Waals surface area (Å²) in [6.07, 6.45) is 2.09. The summed E-state index contributed by atoms with van der Waals surface area (Å²) in [6.45, 7) is 17.5. The van der Waals surface area contributed by atoms with Crippen molar-refractivity contribution in [1.29, 1.82) is 0 Å². The van der Waals surface area contributed by atoms with E-state index < -0.39 is 151 Å². The first kappa shape index (κ1) is 69.1. The van der Waals surface area contributed by atoms with Gasteiger partial charge in [0.05, 0.1) is 25.4 Å². The molecule has 9 unspecified atom stereocenters. The number of aliphatic carboxylic acids is 3. The molecular formula is C54H93N7O16. The van der Waals surface area contributed by atoms with Crippen LogP contribution in [0.1, 0.15) is 191 Å². The summed E-state index contributed by atoms with van der Waals surface area (Å²) in [5, 5.41) is 56.4. The van der Waals surface area contributed by atoms with Gasteiger partial charge >= 0.3 is 23.9 Å². The molecule has 0 radical (unpaired) electrons. The van der Waals surface area contributed by atoms with E-state index in [-0.39, 0.29) is 62.2 Å². The van der Waals surface area contributed by atoms with Crippen LogP contribution in [0.15, 0.2) is 0 Å². The summed E-state index contributed by atoms with van der Waals surface area (Å²) in [7, 11) is 0. The fourth-order valence-electron chi connectivity index (χ4n) is 8.88. The van der Waals surface area contributed by atoms with Crippen LogP contribution >= 0.6 is 0 Å². The molecule has 0 aromatic heterocycles. The molecule has 440 valence electrons. The van der Waals surface area contributed by atoms with Crippen molar-refractivity contribution in [3.8, 4) is 0 Å². The first-order valence-corrected chi connectivity index (χ1v) is 27.6. The minimum Gasteiger partial charge on any atom is -0.481 e. The summed E-state index contributed by atoms with van der Waals surface area (Å²) >= 11 is 0. The SMILES string of the molecule is CC(C)CC1NC(=O)C(CCC(=O)O)NC(=O)CC(CCCCCCCCCCC(O)CC(=O)O)OC(=O)C(CC(C)C)NC(=O)C(CC(C)C)NC(=O)C(CC(=O)O)NC(=O)C(C(C)C)NC(=O)C(CC(C)C)NC1=O. The molecule has 0 saturated carbocycles. The Morgan fingerprint density at radius 2 is 0.870 bits per heavy atom. The first-order valence-electron chi connectivity index (χ1n) is 27.6. The highest BCUT2D eigenvalue weighted by Crippen LogP contribution is 2.19. The van der Waals surface area contributed by atoms with Crippen molar-refractivity contribution >= 4 is 65.2 Å². The van der Waals surface area contributed by atoms with E-state index >= 15 is 0 Å². The average molecular weight is 1100 g/mol. The zero-order chi connectivity index (χ0) is 58.5. The van der Waals surface area contributed by atoms with E-state index in [1.807, 2.05) is 0 Å². The number of cyclic esters (lactones) is 1. The van der Waals surface area contributed by atoms with E-state index in [1.54, 1.807) is 69.2 Å². The van der Waals surface area contributed by atoms with Crippen LogP contribution in [0.3, 0.4) is 0 Å². The van der Waals surface area contributed by atoms with Gasteiger partial charge in [0.1, 0.15) is 48.4 Å². The second kappa shape index (κ2) is 36.3. The van der Waals surface area contributed by atoms with Crippen LogP contribution in [0.4, 0.5) is 0 Å². The summed E-state index contributed by atoms with van der Waals surface area (Å²) in [5.41, 5.74) is 0. The quantitative estimate of drug-likeness (QED) is 0.0413. The van der Waals surface area contributed by atoms with E-state index in [2.05, 4.69) is 37.2 Å². The molecular weight excluding hydrogens is 1000 g/mol. The zero-order valence-electron chi connectivity index (χ0n) is 47.2. The number of carboxylic acid groups (broad SMARTS) is 3. The molecule has 23 nitrogen and oxygen atoms in total. The third kappa shape index (κ3) is 30.0. The standard InChI is InChI=1S/C54H93N7O16/c1-30(2)23-38-49(71)58-40(25-32(5)6)52(74)61-47(34(9)10)53(75)59-41(29-46(68)69)51(73)57-39(24-31(3)4)50(72)60-42(26-33(7)8)54(76)77-36(28-43(63)55-37(48(70)56-38)21-22-44(64)65)20-18-16-14-12-11-13-15-17-19-35(62)27-45(66)67/h30-42,47,62H,11-29H2,1-10H3,(H,55,63)(H,56,70)(H,57,73)(H,58,71)(H,59,75)(H,60,72)(H,61,74)(H,64,65)(H,66,67)(H,68,69). The molecule has 9 atom stereocenters. The van der Waals surface area contributed by atoms with Gasteiger partial charge in [-0.1, -0.05) is 114 Å². The Kier molecular flexibility index (Phi) is 32.6. The van der Waals surface area contributed by atoms with E-state index in [0.717, 1.165) is 32.1 Å². The van der Waals surface area contributed by atoms with Gasteiger partial charge in [-0.25, -0.2) is 4.79 Å². The smallest absolute Gasteiger partial charge is 0.328 e. The number of unbranched alkanes of at least 4 members (excludes halogenated alkanes) is 7. The zero-order valence-corrected chi connectivity index (χ0v) is 47.2. The topological polar surface area (TPSA) is 362 Å². The number of ether oxygens (including phenoxy) is 1. The van der Waals surface area contributed by atoms with Crippen LogP contribution < -0.4 is 37.2 Å². The number of carbonyl (C=O) groups is 11. The van der Waals surface area contributed by atoms with Crippen LogP contribution in [0, 0.1) is 29.6 Å². The fourth-order valence-corrected chi connectivity index (χ4v) is 8.88. The fraction of sp³-hybridized carbons (Fsp3) is 0.796. The van der Waals surface area contributed by atoms with Gasteiger partial charge < -0.3 is 62.4 Å². The second-order valence-electron chi connectivity index (χ2n) is 22.6. The largest absolute Gasteiger partial charge is 0.481 e. The molecule has 77 heavy (non-hydrogen) atoms. The van der Waals surface area contributed by atoms with Crippen molar-refractivity contribution in [3.05, 3.63) is 0 Å². The Morgan fingerprint density at radius 3 is 1.31 bits per heavy atom. The predicted octanol–water partition coefficient (Wildman–Crippen LogP) is 3.61. The van der Waals surface area contributed by atoms with Crippen molar-refractivity contribution in [2.24, 2.45) is 29.6 Å². The second-order valence-corrected chi connectivity index (χ2v) is 22.6. The third-order valence-electron chi connectivity index (χ3n) is 12.8. The van der Waals surface area contributed by atoms with Crippen molar-refractivity contribution in [2.45, 2.75) is 246 Å². The lowest BCUT2D eigenvalue weighted by Gasteiger charge is -2.29.